The fraction of sp³-hybridized carbons (Fsp3) is 0.375. The minimum atomic E-state index is -1.03. The number of nitrogens with zero attached hydrogens (tertiary/aromatic N) is 2. The van der Waals surface area contributed by atoms with Gasteiger partial charge < -0.3 is 4.52 Å². The first-order valence-electron chi connectivity index (χ1n) is 13.3. The van der Waals surface area contributed by atoms with Crippen molar-refractivity contribution in [1.29, 1.82) is 0 Å². The normalized spacial score (nSPS) is 24.9. The van der Waals surface area contributed by atoms with Gasteiger partial charge in [0, 0.05) is 30.3 Å². The Bertz CT molecular complexity index is 1630. The molecule has 1 aromatic heterocycles. The molecular weight excluding hydrogens is 459 g/mol. The van der Waals surface area contributed by atoms with Crippen molar-refractivity contribution in [3.63, 3.8) is 0 Å². The molecule has 4 aromatic carbocycles. The van der Waals surface area contributed by atoms with E-state index in [0.29, 0.717) is 5.41 Å². The highest BCUT2D eigenvalue weighted by Crippen LogP contribution is 2.66. The van der Waals surface area contributed by atoms with E-state index in [4.69, 9.17) is 4.52 Å². The summed E-state index contributed by atoms with van der Waals surface area (Å²) in [6.45, 7) is 7.44. The molecule has 0 N–H and O–H groups in total. The van der Waals surface area contributed by atoms with Gasteiger partial charge in [-0.05, 0) is 64.3 Å². The van der Waals surface area contributed by atoms with Crippen molar-refractivity contribution in [2.45, 2.75) is 46.1 Å². The van der Waals surface area contributed by atoms with Gasteiger partial charge in [0.1, 0.15) is 0 Å². The van der Waals surface area contributed by atoms with Gasteiger partial charge in [-0.15, -0.1) is 0 Å². The topological polar surface area (TPSA) is 19.1 Å². The molecule has 3 nitrogen and oxygen atoms in total. The predicted octanol–water partition coefficient (Wildman–Crippen LogP) is 8.73. The van der Waals surface area contributed by atoms with Gasteiger partial charge in [-0.1, -0.05) is 81.4 Å². The van der Waals surface area contributed by atoms with Gasteiger partial charge in [0.05, 0.1) is 17.1 Å². The van der Waals surface area contributed by atoms with Gasteiger partial charge in [0.25, 0.3) is 0 Å². The molecule has 5 aromatic rings. The van der Waals surface area contributed by atoms with Crippen LogP contribution in [-0.4, -0.2) is 14.8 Å². The van der Waals surface area contributed by atoms with E-state index >= 15 is 0 Å². The van der Waals surface area contributed by atoms with E-state index in [1.165, 1.54) is 62.6 Å². The van der Waals surface area contributed by atoms with Crippen LogP contribution in [0.15, 0.2) is 72.8 Å². The molecule has 7 rings (SSSR count). The number of fused-ring (bicyclic) bond motifs is 9. The van der Waals surface area contributed by atoms with Crippen LogP contribution in [-0.2, 0) is 14.1 Å². The Morgan fingerprint density at radius 1 is 0.750 bits per heavy atom. The zero-order valence-electron chi connectivity index (χ0n) is 22.0. The zero-order chi connectivity index (χ0) is 24.8. The third-order valence-corrected chi connectivity index (χ3v) is 12.1. The van der Waals surface area contributed by atoms with E-state index < -0.39 is 8.08 Å². The van der Waals surface area contributed by atoms with Gasteiger partial charge in [0.15, 0.2) is 8.08 Å². The van der Waals surface area contributed by atoms with E-state index in [9.17, 15) is 0 Å². The minimum Gasteiger partial charge on any atom is -0.301 e. The molecule has 2 bridgehead atoms. The molecule has 2 fully saturated rings. The summed E-state index contributed by atoms with van der Waals surface area (Å²) in [6.07, 6.45) is 4.08. The lowest BCUT2D eigenvalue weighted by Gasteiger charge is -2.39. The second-order valence-corrected chi connectivity index (χ2v) is 13.8. The van der Waals surface area contributed by atoms with Crippen molar-refractivity contribution in [3.05, 3.63) is 72.8 Å². The molecule has 2 aliphatic rings. The molecule has 0 unspecified atom stereocenters. The molecule has 0 amide bonds. The maximum absolute atomic E-state index is 7.28. The highest BCUT2D eigenvalue weighted by atomic mass is 31.1. The summed E-state index contributed by atoms with van der Waals surface area (Å²) in [5, 5.41) is 7.81. The molecule has 2 aliphatic carbocycles. The van der Waals surface area contributed by atoms with Crippen molar-refractivity contribution in [2.75, 3.05) is 0 Å². The third kappa shape index (κ3) is 2.85. The van der Waals surface area contributed by atoms with Crippen LogP contribution in [0.4, 0.5) is 0 Å². The van der Waals surface area contributed by atoms with Crippen LogP contribution in [0, 0.1) is 16.7 Å². The number of rotatable bonds is 2. The van der Waals surface area contributed by atoms with Gasteiger partial charge in [-0.2, -0.15) is 0 Å². The molecule has 1 heterocycles. The van der Waals surface area contributed by atoms with Gasteiger partial charge in [-0.3, -0.25) is 8.66 Å². The molecule has 4 heteroatoms. The Morgan fingerprint density at radius 2 is 1.28 bits per heavy atom. The van der Waals surface area contributed by atoms with E-state index in [2.05, 4.69) is 116 Å². The first-order chi connectivity index (χ1) is 17.3. The quantitative estimate of drug-likeness (QED) is 0.240. The highest BCUT2D eigenvalue weighted by Gasteiger charge is 2.62. The number of aromatic nitrogens is 2. The zero-order valence-corrected chi connectivity index (χ0v) is 22.8. The van der Waals surface area contributed by atoms with Crippen LogP contribution < -0.4 is 4.52 Å². The Balaban J connectivity index is 1.61. The Kier molecular flexibility index (Phi) is 4.76. The van der Waals surface area contributed by atoms with E-state index in [1.807, 2.05) is 0 Å². The fourth-order valence-electron chi connectivity index (χ4n) is 7.52. The van der Waals surface area contributed by atoms with Crippen LogP contribution in [0.3, 0.4) is 0 Å². The Morgan fingerprint density at radius 3 is 1.75 bits per heavy atom. The molecule has 36 heavy (non-hydrogen) atoms. The third-order valence-electron chi connectivity index (χ3n) is 10.2. The number of hydrogen-bond donors (Lipinski definition) is 0. The first kappa shape index (κ1) is 22.5. The predicted molar refractivity (Wildman–Crippen MR) is 154 cm³/mol. The molecule has 3 atom stereocenters. The summed E-state index contributed by atoms with van der Waals surface area (Å²) in [4.78, 5) is 0. The first-order valence-corrected chi connectivity index (χ1v) is 14.5. The standard InChI is InChI=1S/C32H35N2OP/c1-31(2)23-18-19-32(31,3)28(20-23)35-36-33(4)26-16-14-21-10-6-8-12-24(21)29(26)30-25-13-9-7-11-22(25)15-17-27(30)34(36)5/h6-17,23,28H,18-20H2,1-5H3/t23-,28+,32+/m0/s1. The summed E-state index contributed by atoms with van der Waals surface area (Å²) in [5.41, 5.74) is 3.08. The van der Waals surface area contributed by atoms with Crippen LogP contribution >= 0.6 is 8.08 Å². The monoisotopic (exact) mass is 494 g/mol. The van der Waals surface area contributed by atoms with Gasteiger partial charge in [-0.25, -0.2) is 0 Å². The van der Waals surface area contributed by atoms with Crippen molar-refractivity contribution in [1.82, 2.24) is 8.66 Å². The van der Waals surface area contributed by atoms with Crippen molar-refractivity contribution >= 4 is 51.4 Å². The summed E-state index contributed by atoms with van der Waals surface area (Å²) in [5.74, 6) is 0.762. The van der Waals surface area contributed by atoms with Crippen molar-refractivity contribution < 1.29 is 4.52 Å². The van der Waals surface area contributed by atoms with Gasteiger partial charge in [0.2, 0.25) is 0 Å². The number of aryl methyl sites for hydroxylation is 2. The lowest BCUT2D eigenvalue weighted by Crippen LogP contribution is -2.39. The molecule has 0 radical (unpaired) electrons. The second kappa shape index (κ2) is 7.63. The average Bonchev–Trinajstić information content (AvgIpc) is 3.19. The largest absolute Gasteiger partial charge is 0.301 e. The molecule has 184 valence electrons. The molecule has 2 saturated carbocycles. The summed E-state index contributed by atoms with van der Waals surface area (Å²) in [6, 6.07) is 26.8. The minimum absolute atomic E-state index is 0.229. The second-order valence-electron chi connectivity index (χ2n) is 11.9. The molecule has 0 aliphatic heterocycles. The maximum Gasteiger partial charge on any atom is 0.175 e. The molecule has 0 spiro atoms. The lowest BCUT2D eigenvalue weighted by molar-refractivity contribution is 0.0583. The van der Waals surface area contributed by atoms with E-state index in [-0.39, 0.29) is 11.5 Å². The van der Waals surface area contributed by atoms with E-state index in [0.717, 1.165) is 5.92 Å². The van der Waals surface area contributed by atoms with E-state index in [1.54, 1.807) is 0 Å². The molecular formula is C32H35N2OP. The van der Waals surface area contributed by atoms with Crippen LogP contribution in [0.25, 0.3) is 43.4 Å². The van der Waals surface area contributed by atoms with Gasteiger partial charge >= 0.3 is 0 Å². The van der Waals surface area contributed by atoms with Crippen LogP contribution in [0.2, 0.25) is 0 Å². The van der Waals surface area contributed by atoms with Crippen LogP contribution in [0.1, 0.15) is 40.0 Å². The summed E-state index contributed by atoms with van der Waals surface area (Å²) in [7, 11) is 3.45. The Labute approximate surface area is 214 Å². The summed E-state index contributed by atoms with van der Waals surface area (Å²) >= 11 is 0. The SMILES string of the molecule is Cn1c2ccc3ccccc3c2c2c3ccccc3ccc2n(C)p1O[C@@H]1C[C@@H]2CC[C@@]1(C)C2(C)C. The van der Waals surface area contributed by atoms with Crippen LogP contribution in [0.5, 0.6) is 0 Å². The smallest absolute Gasteiger partial charge is 0.175 e. The molecule has 0 saturated heterocycles. The average molecular weight is 495 g/mol. The van der Waals surface area contributed by atoms with Crippen molar-refractivity contribution in [2.24, 2.45) is 30.8 Å². The van der Waals surface area contributed by atoms with Crippen molar-refractivity contribution in [3.8, 4) is 0 Å². The Hall–Kier alpha value is -2.74. The maximum atomic E-state index is 7.28. The lowest BCUT2D eigenvalue weighted by atomic mass is 9.70. The highest BCUT2D eigenvalue weighted by molar-refractivity contribution is 7.37. The number of benzene rings is 4. The fourth-order valence-corrected chi connectivity index (χ4v) is 9.45. The number of hydrogen-bond acceptors (Lipinski definition) is 1. The summed E-state index contributed by atoms with van der Waals surface area (Å²) < 4.78 is 12.2.